The van der Waals surface area contributed by atoms with Crippen LogP contribution in [0.3, 0.4) is 0 Å². The molecule has 5 heteroatoms. The van der Waals surface area contributed by atoms with E-state index in [1.807, 2.05) is 6.92 Å². The van der Waals surface area contributed by atoms with Crippen LogP contribution in [0.2, 0.25) is 5.02 Å². The van der Waals surface area contributed by atoms with Crippen LogP contribution in [0, 0.1) is 0 Å². The van der Waals surface area contributed by atoms with Crippen molar-refractivity contribution in [3.05, 3.63) is 39.8 Å². The second kappa shape index (κ2) is 6.67. The molecule has 0 saturated carbocycles. The molecule has 0 aromatic heterocycles. The molecular formula is C12H13BrClNO2. The van der Waals surface area contributed by atoms with Crippen molar-refractivity contribution >= 4 is 33.4 Å². The number of nitrogens with one attached hydrogen (secondary N) is 1. The largest absolute Gasteiger partial charge is 0.483 e. The number of ether oxygens (including phenoxy) is 1. The maximum Gasteiger partial charge on any atom is 0.258 e. The van der Waals surface area contributed by atoms with E-state index >= 15 is 0 Å². The van der Waals surface area contributed by atoms with Crippen LogP contribution in [0.25, 0.3) is 0 Å². The Kier molecular flexibility index (Phi) is 5.51. The van der Waals surface area contributed by atoms with Crippen LogP contribution in [0.1, 0.15) is 6.92 Å². The highest BCUT2D eigenvalue weighted by Gasteiger charge is 2.05. The minimum absolute atomic E-state index is 0.0342. The van der Waals surface area contributed by atoms with Gasteiger partial charge in [0.05, 0.1) is 4.47 Å². The van der Waals surface area contributed by atoms with Crippen molar-refractivity contribution in [2.75, 3.05) is 13.2 Å². The number of carbonyl (C=O) groups excluding carboxylic acids is 1. The molecule has 17 heavy (non-hydrogen) atoms. The third-order valence-corrected chi connectivity index (χ3v) is 2.69. The number of carbonyl (C=O) groups is 1. The first-order valence-corrected chi connectivity index (χ1v) is 6.15. The zero-order valence-electron chi connectivity index (χ0n) is 9.43. The van der Waals surface area contributed by atoms with Gasteiger partial charge in [0, 0.05) is 11.6 Å². The van der Waals surface area contributed by atoms with Crippen LogP contribution in [-0.4, -0.2) is 19.1 Å². The van der Waals surface area contributed by atoms with Crippen LogP contribution in [-0.2, 0) is 4.79 Å². The zero-order chi connectivity index (χ0) is 12.8. The van der Waals surface area contributed by atoms with Crippen molar-refractivity contribution in [3.8, 4) is 5.75 Å². The van der Waals surface area contributed by atoms with E-state index in [-0.39, 0.29) is 12.5 Å². The van der Waals surface area contributed by atoms with Gasteiger partial charge in [-0.25, -0.2) is 0 Å². The number of benzene rings is 1. The topological polar surface area (TPSA) is 38.3 Å². The fourth-order valence-electron chi connectivity index (χ4n) is 1.04. The van der Waals surface area contributed by atoms with Crippen molar-refractivity contribution in [2.45, 2.75) is 6.92 Å². The van der Waals surface area contributed by atoms with Gasteiger partial charge >= 0.3 is 0 Å². The highest BCUT2D eigenvalue weighted by molar-refractivity contribution is 9.10. The third kappa shape index (κ3) is 5.24. The molecule has 0 unspecified atom stereocenters. The summed E-state index contributed by atoms with van der Waals surface area (Å²) in [4.78, 5) is 11.4. The molecule has 0 saturated heterocycles. The molecule has 0 spiro atoms. The van der Waals surface area contributed by atoms with Gasteiger partial charge < -0.3 is 10.1 Å². The van der Waals surface area contributed by atoms with Gasteiger partial charge in [-0.05, 0) is 41.1 Å². The molecule has 1 aromatic carbocycles. The van der Waals surface area contributed by atoms with E-state index < -0.39 is 0 Å². The molecule has 1 rings (SSSR count). The molecule has 0 aliphatic rings. The Morgan fingerprint density at radius 3 is 2.88 bits per heavy atom. The molecule has 0 atom stereocenters. The first-order valence-electron chi connectivity index (χ1n) is 4.98. The predicted molar refractivity (Wildman–Crippen MR) is 72.5 cm³/mol. The average molecular weight is 319 g/mol. The number of hydrogen-bond acceptors (Lipinski definition) is 2. The molecule has 1 aromatic rings. The molecule has 0 aliphatic heterocycles. The summed E-state index contributed by atoms with van der Waals surface area (Å²) in [6.45, 7) is 5.96. The smallest absolute Gasteiger partial charge is 0.258 e. The SMILES string of the molecule is C=C(C)CNC(=O)COc1ccc(Cl)cc1Br. The van der Waals surface area contributed by atoms with Gasteiger partial charge in [-0.15, -0.1) is 0 Å². The maximum atomic E-state index is 11.4. The Morgan fingerprint density at radius 2 is 2.29 bits per heavy atom. The van der Waals surface area contributed by atoms with Gasteiger partial charge in [0.25, 0.3) is 5.91 Å². The van der Waals surface area contributed by atoms with Gasteiger partial charge in [-0.1, -0.05) is 23.8 Å². The summed E-state index contributed by atoms with van der Waals surface area (Å²) >= 11 is 9.09. The summed E-state index contributed by atoms with van der Waals surface area (Å²) in [5, 5.41) is 3.29. The molecule has 0 aliphatic carbocycles. The average Bonchev–Trinajstić information content (AvgIpc) is 2.25. The van der Waals surface area contributed by atoms with Crippen LogP contribution in [0.5, 0.6) is 5.75 Å². The number of halogens is 2. The van der Waals surface area contributed by atoms with Crippen molar-refractivity contribution in [1.82, 2.24) is 5.32 Å². The molecule has 0 bridgehead atoms. The minimum atomic E-state index is -0.185. The van der Waals surface area contributed by atoms with Crippen molar-refractivity contribution in [2.24, 2.45) is 0 Å². The Hall–Kier alpha value is -1.000. The second-order valence-corrected chi connectivity index (χ2v) is 4.89. The zero-order valence-corrected chi connectivity index (χ0v) is 11.8. The molecule has 3 nitrogen and oxygen atoms in total. The summed E-state index contributed by atoms with van der Waals surface area (Å²) in [5.41, 5.74) is 0.894. The minimum Gasteiger partial charge on any atom is -0.483 e. The summed E-state index contributed by atoms with van der Waals surface area (Å²) in [7, 11) is 0. The summed E-state index contributed by atoms with van der Waals surface area (Å²) < 4.78 is 6.06. The standard InChI is InChI=1S/C12H13BrClNO2/c1-8(2)6-15-12(16)7-17-11-4-3-9(14)5-10(11)13/h3-5H,1,6-7H2,2H3,(H,15,16). The summed E-state index contributed by atoms with van der Waals surface area (Å²) in [5.74, 6) is 0.398. The molecule has 0 heterocycles. The lowest BCUT2D eigenvalue weighted by Gasteiger charge is -2.08. The lowest BCUT2D eigenvalue weighted by atomic mass is 10.3. The Labute approximate surface area is 114 Å². The lowest BCUT2D eigenvalue weighted by molar-refractivity contribution is -0.122. The van der Waals surface area contributed by atoms with Gasteiger partial charge in [0.15, 0.2) is 6.61 Å². The van der Waals surface area contributed by atoms with Crippen molar-refractivity contribution in [1.29, 1.82) is 0 Å². The van der Waals surface area contributed by atoms with Crippen molar-refractivity contribution in [3.63, 3.8) is 0 Å². The first kappa shape index (κ1) is 14.1. The van der Waals surface area contributed by atoms with Gasteiger partial charge in [-0.3, -0.25) is 4.79 Å². The van der Waals surface area contributed by atoms with Crippen LogP contribution < -0.4 is 10.1 Å². The number of hydrogen-bond donors (Lipinski definition) is 1. The van der Waals surface area contributed by atoms with Gasteiger partial charge in [0.2, 0.25) is 0 Å². The quantitative estimate of drug-likeness (QED) is 0.847. The predicted octanol–water partition coefficient (Wildman–Crippen LogP) is 3.17. The van der Waals surface area contributed by atoms with E-state index in [1.54, 1.807) is 18.2 Å². The molecule has 1 amide bonds. The molecule has 92 valence electrons. The highest BCUT2D eigenvalue weighted by atomic mass is 79.9. The van der Waals surface area contributed by atoms with E-state index in [2.05, 4.69) is 27.8 Å². The number of rotatable bonds is 5. The van der Waals surface area contributed by atoms with Gasteiger partial charge in [-0.2, -0.15) is 0 Å². The number of amides is 1. The summed E-state index contributed by atoms with van der Waals surface area (Å²) in [6.07, 6.45) is 0. The third-order valence-electron chi connectivity index (χ3n) is 1.84. The van der Waals surface area contributed by atoms with E-state index in [9.17, 15) is 4.79 Å². The second-order valence-electron chi connectivity index (χ2n) is 3.60. The lowest BCUT2D eigenvalue weighted by Crippen LogP contribution is -2.30. The maximum absolute atomic E-state index is 11.4. The molecular weight excluding hydrogens is 305 g/mol. The monoisotopic (exact) mass is 317 g/mol. The van der Waals surface area contributed by atoms with Gasteiger partial charge in [0.1, 0.15) is 5.75 Å². The van der Waals surface area contributed by atoms with Crippen molar-refractivity contribution < 1.29 is 9.53 Å². The Balaban J connectivity index is 2.44. The van der Waals surface area contributed by atoms with Crippen LogP contribution in [0.15, 0.2) is 34.8 Å². The fourth-order valence-corrected chi connectivity index (χ4v) is 1.83. The normalized spacial score (nSPS) is 9.82. The molecule has 1 N–H and O–H groups in total. The molecule has 0 radical (unpaired) electrons. The molecule has 0 fully saturated rings. The van der Waals surface area contributed by atoms with E-state index in [4.69, 9.17) is 16.3 Å². The highest BCUT2D eigenvalue weighted by Crippen LogP contribution is 2.27. The summed E-state index contributed by atoms with van der Waals surface area (Å²) in [6, 6.07) is 5.12. The van der Waals surface area contributed by atoms with Crippen LogP contribution >= 0.6 is 27.5 Å². The first-order chi connectivity index (χ1) is 7.99. The Morgan fingerprint density at radius 1 is 1.59 bits per heavy atom. The van der Waals surface area contributed by atoms with E-state index in [0.717, 1.165) is 10.0 Å². The fraction of sp³-hybridized carbons (Fsp3) is 0.250. The Bertz CT molecular complexity index is 435. The van der Waals surface area contributed by atoms with Crippen LogP contribution in [0.4, 0.5) is 0 Å². The van der Waals surface area contributed by atoms with E-state index in [0.29, 0.717) is 17.3 Å². The van der Waals surface area contributed by atoms with E-state index in [1.165, 1.54) is 0 Å².